The fourth-order valence-corrected chi connectivity index (χ4v) is 3.21. The Kier molecular flexibility index (Phi) is 6.66. The minimum Gasteiger partial charge on any atom is -0.497 e. The zero-order valence-corrected chi connectivity index (χ0v) is 16.9. The molecule has 0 atom stereocenters. The highest BCUT2D eigenvalue weighted by Crippen LogP contribution is 2.19. The van der Waals surface area contributed by atoms with E-state index >= 15 is 0 Å². The van der Waals surface area contributed by atoms with E-state index in [9.17, 15) is 4.79 Å². The Balaban J connectivity index is 1.76. The van der Waals surface area contributed by atoms with Crippen LogP contribution in [-0.2, 0) is 17.6 Å². The minimum atomic E-state index is 0.0893. The summed E-state index contributed by atoms with van der Waals surface area (Å²) in [6, 6.07) is 25.7. The third-order valence-electron chi connectivity index (χ3n) is 4.40. The second-order valence-corrected chi connectivity index (χ2v) is 7.20. The van der Waals surface area contributed by atoms with Crippen molar-refractivity contribution in [1.82, 2.24) is 0 Å². The number of nitrogens with zero attached hydrogens (tertiary/aromatic N) is 1. The number of anilines is 1. The van der Waals surface area contributed by atoms with Crippen molar-refractivity contribution < 1.29 is 9.53 Å². The summed E-state index contributed by atoms with van der Waals surface area (Å²) >= 11 is 3.43. The molecule has 3 aromatic carbocycles. The fourth-order valence-electron chi connectivity index (χ4n) is 2.95. The van der Waals surface area contributed by atoms with Crippen LogP contribution in [0.5, 0.6) is 5.75 Å². The Bertz CT molecular complexity index is 878. The normalized spacial score (nSPS) is 10.4. The molecule has 0 aromatic heterocycles. The van der Waals surface area contributed by atoms with Crippen LogP contribution in [0.25, 0.3) is 0 Å². The van der Waals surface area contributed by atoms with Gasteiger partial charge in [-0.05, 0) is 53.9 Å². The van der Waals surface area contributed by atoms with Crippen molar-refractivity contribution >= 4 is 27.5 Å². The zero-order valence-electron chi connectivity index (χ0n) is 15.3. The van der Waals surface area contributed by atoms with Gasteiger partial charge in [0, 0.05) is 16.7 Å². The predicted octanol–water partition coefficient (Wildman–Crippen LogP) is 5.28. The standard InChI is InChI=1S/C23H22BrNO2/c1-27-22-9-5-6-18(16-22)14-15-25(21-7-3-2-4-8-21)23(26)17-19-10-12-20(24)13-11-19/h2-13,16H,14-15,17H2,1H3. The van der Waals surface area contributed by atoms with Crippen LogP contribution in [0.2, 0.25) is 0 Å². The van der Waals surface area contributed by atoms with Crippen molar-refractivity contribution in [2.45, 2.75) is 12.8 Å². The molecule has 0 aliphatic rings. The van der Waals surface area contributed by atoms with E-state index in [0.29, 0.717) is 13.0 Å². The summed E-state index contributed by atoms with van der Waals surface area (Å²) in [7, 11) is 1.66. The van der Waals surface area contributed by atoms with Crippen molar-refractivity contribution in [1.29, 1.82) is 0 Å². The molecule has 4 heteroatoms. The van der Waals surface area contributed by atoms with Gasteiger partial charge < -0.3 is 9.64 Å². The van der Waals surface area contributed by atoms with Gasteiger partial charge in [-0.15, -0.1) is 0 Å². The fraction of sp³-hybridized carbons (Fsp3) is 0.174. The van der Waals surface area contributed by atoms with Crippen LogP contribution in [-0.4, -0.2) is 19.6 Å². The van der Waals surface area contributed by atoms with Crippen molar-refractivity contribution in [3.63, 3.8) is 0 Å². The first-order chi connectivity index (χ1) is 13.2. The Labute approximate surface area is 168 Å². The van der Waals surface area contributed by atoms with Crippen molar-refractivity contribution in [3.8, 4) is 5.75 Å². The van der Waals surface area contributed by atoms with Gasteiger partial charge in [0.25, 0.3) is 0 Å². The predicted molar refractivity (Wildman–Crippen MR) is 113 cm³/mol. The third kappa shape index (κ3) is 5.44. The van der Waals surface area contributed by atoms with Crippen LogP contribution in [0.15, 0.2) is 83.3 Å². The van der Waals surface area contributed by atoms with Crippen LogP contribution in [0.4, 0.5) is 5.69 Å². The number of hydrogen-bond donors (Lipinski definition) is 0. The molecule has 1 amide bonds. The van der Waals surface area contributed by atoms with E-state index in [1.54, 1.807) is 7.11 Å². The largest absolute Gasteiger partial charge is 0.497 e. The van der Waals surface area contributed by atoms with Gasteiger partial charge in [0.05, 0.1) is 13.5 Å². The SMILES string of the molecule is COc1cccc(CCN(C(=O)Cc2ccc(Br)cc2)c2ccccc2)c1. The first-order valence-electron chi connectivity index (χ1n) is 8.88. The molecular weight excluding hydrogens is 402 g/mol. The molecule has 0 spiro atoms. The number of carbonyl (C=O) groups is 1. The van der Waals surface area contributed by atoms with Gasteiger partial charge in [0.1, 0.15) is 5.75 Å². The third-order valence-corrected chi connectivity index (χ3v) is 4.92. The summed E-state index contributed by atoms with van der Waals surface area (Å²) < 4.78 is 6.31. The molecule has 3 aromatic rings. The molecule has 0 saturated heterocycles. The van der Waals surface area contributed by atoms with E-state index in [-0.39, 0.29) is 5.91 Å². The highest BCUT2D eigenvalue weighted by Gasteiger charge is 2.16. The average Bonchev–Trinajstić information content (AvgIpc) is 2.71. The Morgan fingerprint density at radius 2 is 1.67 bits per heavy atom. The number of methoxy groups -OCH3 is 1. The van der Waals surface area contributed by atoms with Crippen LogP contribution < -0.4 is 9.64 Å². The number of rotatable bonds is 7. The summed E-state index contributed by atoms with van der Waals surface area (Å²) in [6.07, 6.45) is 1.14. The topological polar surface area (TPSA) is 29.5 Å². The number of hydrogen-bond acceptors (Lipinski definition) is 2. The molecule has 27 heavy (non-hydrogen) atoms. The van der Waals surface area contributed by atoms with Gasteiger partial charge in [-0.3, -0.25) is 4.79 Å². The second-order valence-electron chi connectivity index (χ2n) is 6.29. The molecule has 0 aliphatic carbocycles. The molecule has 0 saturated carbocycles. The summed E-state index contributed by atoms with van der Waals surface area (Å²) in [5.41, 5.74) is 3.07. The Hall–Kier alpha value is -2.59. The van der Waals surface area contributed by atoms with Crippen molar-refractivity contribution in [2.24, 2.45) is 0 Å². The van der Waals surface area contributed by atoms with Crippen LogP contribution in [0.1, 0.15) is 11.1 Å². The smallest absolute Gasteiger partial charge is 0.231 e. The lowest BCUT2D eigenvalue weighted by Crippen LogP contribution is -2.34. The maximum atomic E-state index is 13.0. The maximum Gasteiger partial charge on any atom is 0.231 e. The lowest BCUT2D eigenvalue weighted by molar-refractivity contribution is -0.118. The van der Waals surface area contributed by atoms with Crippen LogP contribution in [0, 0.1) is 0 Å². The van der Waals surface area contributed by atoms with Crippen LogP contribution in [0.3, 0.4) is 0 Å². The molecule has 0 N–H and O–H groups in total. The molecule has 0 radical (unpaired) electrons. The van der Waals surface area contributed by atoms with E-state index in [0.717, 1.165) is 33.5 Å². The maximum absolute atomic E-state index is 13.0. The molecule has 3 nitrogen and oxygen atoms in total. The second kappa shape index (κ2) is 9.38. The zero-order chi connectivity index (χ0) is 19.1. The number of benzene rings is 3. The number of carbonyl (C=O) groups excluding carboxylic acids is 1. The monoisotopic (exact) mass is 423 g/mol. The molecule has 138 valence electrons. The summed E-state index contributed by atoms with van der Waals surface area (Å²) in [5, 5.41) is 0. The first kappa shape index (κ1) is 19.2. The first-order valence-corrected chi connectivity index (χ1v) is 9.68. The van der Waals surface area contributed by atoms with E-state index in [2.05, 4.69) is 22.0 Å². The van der Waals surface area contributed by atoms with Gasteiger partial charge >= 0.3 is 0 Å². The van der Waals surface area contributed by atoms with Gasteiger partial charge in [-0.1, -0.05) is 58.4 Å². The van der Waals surface area contributed by atoms with Gasteiger partial charge in [-0.2, -0.15) is 0 Å². The number of amides is 1. The molecule has 0 heterocycles. The number of para-hydroxylation sites is 1. The van der Waals surface area contributed by atoms with Crippen molar-refractivity contribution in [3.05, 3.63) is 94.5 Å². The average molecular weight is 424 g/mol. The Morgan fingerprint density at radius 1 is 0.926 bits per heavy atom. The summed E-state index contributed by atoms with van der Waals surface area (Å²) in [4.78, 5) is 14.9. The van der Waals surface area contributed by atoms with E-state index in [4.69, 9.17) is 4.74 Å². The molecule has 0 bridgehead atoms. The highest BCUT2D eigenvalue weighted by molar-refractivity contribution is 9.10. The summed E-state index contributed by atoms with van der Waals surface area (Å²) in [5.74, 6) is 0.923. The van der Waals surface area contributed by atoms with E-state index in [1.165, 1.54) is 0 Å². The quantitative estimate of drug-likeness (QED) is 0.517. The minimum absolute atomic E-state index is 0.0893. The molecule has 0 fully saturated rings. The summed E-state index contributed by atoms with van der Waals surface area (Å²) in [6.45, 7) is 0.618. The van der Waals surface area contributed by atoms with Gasteiger partial charge in [0.2, 0.25) is 5.91 Å². The van der Waals surface area contributed by atoms with E-state index < -0.39 is 0 Å². The number of ether oxygens (including phenoxy) is 1. The number of halogens is 1. The molecule has 0 aliphatic heterocycles. The lowest BCUT2D eigenvalue weighted by Gasteiger charge is -2.23. The molecule has 3 rings (SSSR count). The van der Waals surface area contributed by atoms with Crippen molar-refractivity contribution in [2.75, 3.05) is 18.6 Å². The van der Waals surface area contributed by atoms with Gasteiger partial charge in [0.15, 0.2) is 0 Å². The van der Waals surface area contributed by atoms with Gasteiger partial charge in [-0.25, -0.2) is 0 Å². The van der Waals surface area contributed by atoms with E-state index in [1.807, 2.05) is 77.7 Å². The lowest BCUT2D eigenvalue weighted by atomic mass is 10.1. The highest BCUT2D eigenvalue weighted by atomic mass is 79.9. The molecular formula is C23H22BrNO2. The molecule has 0 unspecified atom stereocenters. The van der Waals surface area contributed by atoms with Crippen LogP contribution >= 0.6 is 15.9 Å². The Morgan fingerprint density at radius 3 is 2.37 bits per heavy atom.